The summed E-state index contributed by atoms with van der Waals surface area (Å²) in [6.07, 6.45) is 0.377. The second-order valence-corrected chi connectivity index (χ2v) is 5.07. The Kier molecular flexibility index (Phi) is 4.84. The lowest BCUT2D eigenvalue weighted by atomic mass is 10.1. The van der Waals surface area contributed by atoms with Crippen molar-refractivity contribution in [2.24, 2.45) is 0 Å². The van der Waals surface area contributed by atoms with Crippen LogP contribution in [-0.4, -0.2) is 42.3 Å². The maximum absolute atomic E-state index is 12.8. The molecule has 4 nitrogen and oxygen atoms in total. The number of carbonyl (C=O) groups excluding carboxylic acids is 2. The van der Waals surface area contributed by atoms with E-state index in [0.29, 0.717) is 12.1 Å². The third-order valence-electron chi connectivity index (χ3n) is 3.55. The van der Waals surface area contributed by atoms with Gasteiger partial charge in [-0.2, -0.15) is 0 Å². The summed E-state index contributed by atoms with van der Waals surface area (Å²) < 4.78 is 12.8. The monoisotopic (exact) mass is 278 g/mol. The zero-order valence-electron chi connectivity index (χ0n) is 11.6. The van der Waals surface area contributed by atoms with E-state index < -0.39 is 0 Å². The minimum absolute atomic E-state index is 0.00876. The largest absolute Gasteiger partial charge is 0.337 e. The second-order valence-electron chi connectivity index (χ2n) is 5.07. The highest BCUT2D eigenvalue weighted by Crippen LogP contribution is 2.10. The number of hydrogen-bond acceptors (Lipinski definition) is 3. The molecule has 1 heterocycles. The van der Waals surface area contributed by atoms with Gasteiger partial charge in [-0.05, 0) is 31.2 Å². The number of ketones is 1. The molecule has 0 aliphatic carbocycles. The topological polar surface area (TPSA) is 49.4 Å². The molecule has 1 aliphatic rings. The molecule has 1 saturated heterocycles. The standard InChI is InChI=1S/C15H19FN2O2/c1-11-10-17-8-9-18(11)15(20)7-6-14(19)12-2-4-13(16)5-3-12/h2-5,11,17H,6-10H2,1H3/t11-/m1/s1. The fraction of sp³-hybridized carbons (Fsp3) is 0.467. The number of amides is 1. The lowest BCUT2D eigenvalue weighted by Gasteiger charge is -2.34. The number of nitrogens with zero attached hydrogens (tertiary/aromatic N) is 1. The van der Waals surface area contributed by atoms with Crippen LogP contribution in [0.1, 0.15) is 30.1 Å². The molecule has 0 bridgehead atoms. The van der Waals surface area contributed by atoms with Crippen LogP contribution >= 0.6 is 0 Å². The van der Waals surface area contributed by atoms with Gasteiger partial charge in [-0.3, -0.25) is 9.59 Å². The van der Waals surface area contributed by atoms with Crippen molar-refractivity contribution in [1.82, 2.24) is 10.2 Å². The molecule has 108 valence electrons. The highest BCUT2D eigenvalue weighted by atomic mass is 19.1. The second kappa shape index (κ2) is 6.61. The van der Waals surface area contributed by atoms with Gasteiger partial charge in [0.2, 0.25) is 5.91 Å². The minimum Gasteiger partial charge on any atom is -0.337 e. The first-order chi connectivity index (χ1) is 9.58. The van der Waals surface area contributed by atoms with Crippen molar-refractivity contribution in [1.29, 1.82) is 0 Å². The third kappa shape index (κ3) is 3.63. The Hall–Kier alpha value is -1.75. The zero-order valence-corrected chi connectivity index (χ0v) is 11.6. The predicted octanol–water partition coefficient (Wildman–Crippen LogP) is 1.61. The Balaban J connectivity index is 1.86. The van der Waals surface area contributed by atoms with Crippen molar-refractivity contribution >= 4 is 11.7 Å². The molecule has 1 amide bonds. The molecule has 0 saturated carbocycles. The Morgan fingerprint density at radius 3 is 2.65 bits per heavy atom. The van der Waals surface area contributed by atoms with E-state index in [-0.39, 0.29) is 36.4 Å². The van der Waals surface area contributed by atoms with Gasteiger partial charge in [0.25, 0.3) is 0 Å². The number of rotatable bonds is 4. The van der Waals surface area contributed by atoms with Crippen LogP contribution in [0.3, 0.4) is 0 Å². The number of benzene rings is 1. The SMILES string of the molecule is C[C@@H]1CNCCN1C(=O)CCC(=O)c1ccc(F)cc1. The molecule has 5 heteroatoms. The number of piperazine rings is 1. The molecule has 20 heavy (non-hydrogen) atoms. The fourth-order valence-corrected chi connectivity index (χ4v) is 2.36. The Bertz CT molecular complexity index is 487. The zero-order chi connectivity index (χ0) is 14.5. The lowest BCUT2D eigenvalue weighted by Crippen LogP contribution is -2.52. The molecule has 0 spiro atoms. The summed E-state index contributed by atoms with van der Waals surface area (Å²) in [6.45, 7) is 4.26. The highest BCUT2D eigenvalue weighted by Gasteiger charge is 2.23. The predicted molar refractivity (Wildman–Crippen MR) is 74.0 cm³/mol. The van der Waals surface area contributed by atoms with E-state index >= 15 is 0 Å². The number of nitrogens with one attached hydrogen (secondary N) is 1. The van der Waals surface area contributed by atoms with Crippen LogP contribution < -0.4 is 5.32 Å². The molecule has 0 aromatic heterocycles. The van der Waals surface area contributed by atoms with Crippen molar-refractivity contribution in [3.8, 4) is 0 Å². The number of Topliss-reactive ketones (excluding diaryl/α,β-unsaturated/α-hetero) is 1. The van der Waals surface area contributed by atoms with Crippen LogP contribution in [0.5, 0.6) is 0 Å². The summed E-state index contributed by atoms with van der Waals surface area (Å²) in [6, 6.07) is 5.59. The molecule has 1 aromatic rings. The van der Waals surface area contributed by atoms with Gasteiger partial charge in [0, 0.05) is 44.1 Å². The Morgan fingerprint density at radius 1 is 1.30 bits per heavy atom. The first-order valence-electron chi connectivity index (χ1n) is 6.87. The smallest absolute Gasteiger partial charge is 0.223 e. The first-order valence-corrected chi connectivity index (χ1v) is 6.87. The molecule has 0 radical (unpaired) electrons. The number of halogens is 1. The van der Waals surface area contributed by atoms with Crippen molar-refractivity contribution < 1.29 is 14.0 Å². The first kappa shape index (κ1) is 14.7. The molecule has 1 aromatic carbocycles. The third-order valence-corrected chi connectivity index (χ3v) is 3.55. The van der Waals surface area contributed by atoms with E-state index in [9.17, 15) is 14.0 Å². The van der Waals surface area contributed by atoms with Gasteiger partial charge in [0.05, 0.1) is 0 Å². The number of carbonyl (C=O) groups is 2. The number of hydrogen-bond donors (Lipinski definition) is 1. The van der Waals surface area contributed by atoms with Gasteiger partial charge in [-0.1, -0.05) is 0 Å². The summed E-state index contributed by atoms with van der Waals surface area (Å²) in [5, 5.41) is 3.22. The normalized spacial score (nSPS) is 18.9. The van der Waals surface area contributed by atoms with E-state index in [1.54, 1.807) is 0 Å². The Labute approximate surface area is 118 Å². The van der Waals surface area contributed by atoms with Crippen molar-refractivity contribution in [2.45, 2.75) is 25.8 Å². The lowest BCUT2D eigenvalue weighted by molar-refractivity contribution is -0.133. The highest BCUT2D eigenvalue weighted by molar-refractivity contribution is 5.97. The van der Waals surface area contributed by atoms with Crippen molar-refractivity contribution in [2.75, 3.05) is 19.6 Å². The molecule has 1 fully saturated rings. The molecule has 2 rings (SSSR count). The Morgan fingerprint density at radius 2 is 2.00 bits per heavy atom. The average Bonchev–Trinajstić information content (AvgIpc) is 2.45. The van der Waals surface area contributed by atoms with Crippen LogP contribution in [-0.2, 0) is 4.79 Å². The minimum atomic E-state index is -0.368. The van der Waals surface area contributed by atoms with E-state index in [1.807, 2.05) is 11.8 Å². The van der Waals surface area contributed by atoms with Crippen LogP contribution in [0, 0.1) is 5.82 Å². The van der Waals surface area contributed by atoms with E-state index in [0.717, 1.165) is 13.1 Å². The average molecular weight is 278 g/mol. The molecule has 1 N–H and O–H groups in total. The van der Waals surface area contributed by atoms with Gasteiger partial charge in [0.15, 0.2) is 5.78 Å². The summed E-state index contributed by atoms with van der Waals surface area (Å²) in [4.78, 5) is 25.8. The van der Waals surface area contributed by atoms with E-state index in [1.165, 1.54) is 24.3 Å². The molecular formula is C15H19FN2O2. The maximum atomic E-state index is 12.8. The molecule has 1 atom stereocenters. The summed E-state index contributed by atoms with van der Waals surface area (Å²) >= 11 is 0. The molecule has 0 unspecified atom stereocenters. The quantitative estimate of drug-likeness (QED) is 0.851. The van der Waals surface area contributed by atoms with Crippen molar-refractivity contribution in [3.63, 3.8) is 0 Å². The van der Waals surface area contributed by atoms with Crippen molar-refractivity contribution in [3.05, 3.63) is 35.6 Å². The van der Waals surface area contributed by atoms with Gasteiger partial charge >= 0.3 is 0 Å². The van der Waals surface area contributed by atoms with E-state index in [4.69, 9.17) is 0 Å². The maximum Gasteiger partial charge on any atom is 0.223 e. The summed E-state index contributed by atoms with van der Waals surface area (Å²) in [5.74, 6) is -0.483. The van der Waals surface area contributed by atoms with Gasteiger partial charge in [-0.15, -0.1) is 0 Å². The van der Waals surface area contributed by atoms with E-state index in [2.05, 4.69) is 5.32 Å². The summed E-state index contributed by atoms with van der Waals surface area (Å²) in [7, 11) is 0. The van der Waals surface area contributed by atoms with Gasteiger partial charge in [0.1, 0.15) is 5.82 Å². The van der Waals surface area contributed by atoms with Crippen LogP contribution in [0.15, 0.2) is 24.3 Å². The van der Waals surface area contributed by atoms with Crippen LogP contribution in [0.25, 0.3) is 0 Å². The fourth-order valence-electron chi connectivity index (χ4n) is 2.36. The van der Waals surface area contributed by atoms with Gasteiger partial charge < -0.3 is 10.2 Å². The molecule has 1 aliphatic heterocycles. The summed E-state index contributed by atoms with van der Waals surface area (Å²) in [5.41, 5.74) is 0.451. The van der Waals surface area contributed by atoms with Gasteiger partial charge in [-0.25, -0.2) is 4.39 Å². The van der Waals surface area contributed by atoms with Crippen LogP contribution in [0.2, 0.25) is 0 Å². The molecular weight excluding hydrogens is 259 g/mol. The van der Waals surface area contributed by atoms with Crippen LogP contribution in [0.4, 0.5) is 4.39 Å².